The van der Waals surface area contributed by atoms with Crippen LogP contribution >= 0.6 is 0 Å². The summed E-state index contributed by atoms with van der Waals surface area (Å²) in [5.41, 5.74) is 1.95. The molecule has 1 saturated carbocycles. The number of rotatable bonds is 14. The van der Waals surface area contributed by atoms with Crippen molar-refractivity contribution in [3.63, 3.8) is 0 Å². The van der Waals surface area contributed by atoms with Gasteiger partial charge in [-0.2, -0.15) is 0 Å². The summed E-state index contributed by atoms with van der Waals surface area (Å²) >= 11 is 0. The lowest BCUT2D eigenvalue weighted by molar-refractivity contribution is -0.136. The number of hydrogen-bond acceptors (Lipinski definition) is 6. The summed E-state index contributed by atoms with van der Waals surface area (Å²) in [5, 5.41) is 12.4. The lowest BCUT2D eigenvalue weighted by Gasteiger charge is -2.39. The Morgan fingerprint density at radius 2 is 2.00 bits per heavy atom. The number of aliphatic hydroxyl groups is 1. The quantitative estimate of drug-likeness (QED) is 0.358. The molecule has 0 aromatic heterocycles. The van der Waals surface area contributed by atoms with Crippen molar-refractivity contribution in [3.8, 4) is 5.75 Å². The first-order valence-corrected chi connectivity index (χ1v) is 14.4. The van der Waals surface area contributed by atoms with Crippen molar-refractivity contribution < 1.29 is 19.4 Å². The van der Waals surface area contributed by atoms with E-state index in [0.29, 0.717) is 44.5 Å². The maximum absolute atomic E-state index is 13.1. The smallest absolute Gasteiger partial charge is 0.246 e. The molecular weight excluding hydrogens is 468 g/mol. The van der Waals surface area contributed by atoms with Crippen molar-refractivity contribution in [3.05, 3.63) is 23.8 Å². The molecule has 1 aromatic rings. The minimum atomic E-state index is -0.0177. The van der Waals surface area contributed by atoms with Crippen LogP contribution in [-0.2, 0) is 16.1 Å². The molecule has 2 heterocycles. The van der Waals surface area contributed by atoms with Crippen LogP contribution in [0.3, 0.4) is 0 Å². The molecule has 1 aromatic carbocycles. The predicted molar refractivity (Wildman–Crippen MR) is 145 cm³/mol. The van der Waals surface area contributed by atoms with Gasteiger partial charge in [0.15, 0.2) is 0 Å². The summed E-state index contributed by atoms with van der Waals surface area (Å²) in [5.74, 6) is 2.20. The van der Waals surface area contributed by atoms with Crippen LogP contribution in [0, 0.1) is 5.92 Å². The van der Waals surface area contributed by atoms with Crippen molar-refractivity contribution in [2.45, 2.75) is 96.6 Å². The van der Waals surface area contributed by atoms with Gasteiger partial charge in [0.05, 0.1) is 18.9 Å². The molecule has 1 unspecified atom stereocenters. The highest BCUT2D eigenvalue weighted by Gasteiger charge is 2.31. The van der Waals surface area contributed by atoms with Gasteiger partial charge in [-0.3, -0.25) is 14.9 Å². The second-order valence-electron chi connectivity index (χ2n) is 10.7. The molecule has 37 heavy (non-hydrogen) atoms. The van der Waals surface area contributed by atoms with Crippen LogP contribution in [0.5, 0.6) is 5.75 Å². The zero-order valence-corrected chi connectivity index (χ0v) is 22.4. The molecule has 1 atom stereocenters. The number of nitrogens with zero attached hydrogens (tertiary/aromatic N) is 3. The van der Waals surface area contributed by atoms with Crippen LogP contribution in [0.1, 0.15) is 89.5 Å². The van der Waals surface area contributed by atoms with Crippen molar-refractivity contribution in [2.75, 3.05) is 26.3 Å². The molecule has 204 valence electrons. The second kappa shape index (κ2) is 13.8. The van der Waals surface area contributed by atoms with Gasteiger partial charge in [-0.1, -0.05) is 51.5 Å². The normalized spacial score (nSPS) is 18.1. The van der Waals surface area contributed by atoms with Crippen molar-refractivity contribution in [2.24, 2.45) is 10.9 Å². The van der Waals surface area contributed by atoms with E-state index in [1.165, 1.54) is 32.1 Å². The Morgan fingerprint density at radius 3 is 2.78 bits per heavy atom. The van der Waals surface area contributed by atoms with Gasteiger partial charge in [0.1, 0.15) is 12.3 Å². The average Bonchev–Trinajstić information content (AvgIpc) is 3.27. The van der Waals surface area contributed by atoms with E-state index < -0.39 is 0 Å². The fraction of sp³-hybridized carbons (Fsp3) is 0.690. The molecule has 2 fully saturated rings. The third kappa shape index (κ3) is 7.46. The number of ether oxygens (including phenoxy) is 1. The molecule has 4 rings (SSSR count). The Morgan fingerprint density at radius 1 is 1.19 bits per heavy atom. The van der Waals surface area contributed by atoms with E-state index in [9.17, 15) is 14.7 Å². The third-order valence-corrected chi connectivity index (χ3v) is 7.92. The molecule has 0 spiro atoms. The number of amides is 2. The van der Waals surface area contributed by atoms with Crippen LogP contribution in [-0.4, -0.2) is 65.0 Å². The Kier molecular flexibility index (Phi) is 10.2. The molecule has 1 saturated heterocycles. The van der Waals surface area contributed by atoms with Gasteiger partial charge < -0.3 is 19.6 Å². The maximum Gasteiger partial charge on any atom is 0.246 e. The van der Waals surface area contributed by atoms with Gasteiger partial charge in [0.25, 0.3) is 0 Å². The number of fused-ring (bicyclic) bond motifs is 2. The number of aliphatic hydroxyl groups excluding tert-OH is 1. The number of nitrogens with one attached hydrogen (secondary N) is 1. The Labute approximate surface area is 221 Å². The Hall–Kier alpha value is -2.61. The summed E-state index contributed by atoms with van der Waals surface area (Å²) in [4.78, 5) is 33.3. The molecule has 2 aliphatic heterocycles. The Balaban J connectivity index is 1.16. The van der Waals surface area contributed by atoms with Crippen LogP contribution in [0.2, 0.25) is 0 Å². The lowest BCUT2D eigenvalue weighted by Crippen LogP contribution is -2.46. The maximum atomic E-state index is 13.1. The van der Waals surface area contributed by atoms with Gasteiger partial charge in [-0.15, -0.1) is 0 Å². The number of hydrogen-bond donors (Lipinski definition) is 2. The molecule has 3 aliphatic rings. The topological polar surface area (TPSA) is 94.5 Å². The van der Waals surface area contributed by atoms with E-state index >= 15 is 0 Å². The van der Waals surface area contributed by atoms with Gasteiger partial charge in [-0.25, -0.2) is 4.99 Å². The van der Waals surface area contributed by atoms with Crippen molar-refractivity contribution >= 4 is 23.5 Å². The van der Waals surface area contributed by atoms with Crippen LogP contribution in [0.15, 0.2) is 23.2 Å². The molecule has 1 aliphatic carbocycles. The van der Waals surface area contributed by atoms with Crippen molar-refractivity contribution in [1.29, 1.82) is 0 Å². The average molecular weight is 513 g/mol. The number of carbonyl (C=O) groups excluding carboxylic acids is 2. The third-order valence-electron chi connectivity index (χ3n) is 7.92. The predicted octanol–water partition coefficient (Wildman–Crippen LogP) is 4.52. The highest BCUT2D eigenvalue weighted by molar-refractivity contribution is 6.05. The molecule has 0 bridgehead atoms. The summed E-state index contributed by atoms with van der Waals surface area (Å²) in [6, 6.07) is 6.22. The largest absolute Gasteiger partial charge is 0.494 e. The minimum absolute atomic E-state index is 0.0177. The van der Waals surface area contributed by atoms with E-state index in [-0.39, 0.29) is 24.5 Å². The molecular formula is C29H44N4O4. The second-order valence-corrected chi connectivity index (χ2v) is 10.7. The fourth-order valence-electron chi connectivity index (χ4n) is 6.02. The number of aliphatic imine (C=N–C) groups is 1. The standard InChI is InChI=1S/C29H44N4O4/c1-2-10-26(22-11-6-5-7-12-22)33(16-17-34)28(36)13-8-3-4-9-18-37-24-15-14-23-20-32-21-27(35)31-29(32)30-25(23)19-24/h14-15,19,22,26,34H,2-13,16-18,20-21H2,1H3,(H,30,31,35). The van der Waals surface area contributed by atoms with E-state index in [2.05, 4.69) is 17.2 Å². The molecule has 2 N–H and O–H groups in total. The fourth-order valence-corrected chi connectivity index (χ4v) is 6.02. The molecule has 0 radical (unpaired) electrons. The van der Waals surface area contributed by atoms with E-state index in [1.807, 2.05) is 28.0 Å². The number of unbranched alkanes of at least 4 members (excludes halogenated alkanes) is 3. The van der Waals surface area contributed by atoms with E-state index in [0.717, 1.165) is 55.5 Å². The first-order valence-electron chi connectivity index (χ1n) is 14.4. The lowest BCUT2D eigenvalue weighted by atomic mass is 9.81. The van der Waals surface area contributed by atoms with Gasteiger partial charge >= 0.3 is 0 Å². The van der Waals surface area contributed by atoms with Crippen LogP contribution < -0.4 is 10.1 Å². The summed E-state index contributed by atoms with van der Waals surface area (Å²) in [6.07, 6.45) is 12.8. The first kappa shape index (κ1) is 27.4. The zero-order chi connectivity index (χ0) is 26.0. The molecule has 2 amide bonds. The molecule has 8 heteroatoms. The Bertz CT molecular complexity index is 944. The summed E-state index contributed by atoms with van der Waals surface area (Å²) in [6.45, 7) is 4.37. The van der Waals surface area contributed by atoms with Crippen molar-refractivity contribution in [1.82, 2.24) is 15.1 Å². The molecule has 8 nitrogen and oxygen atoms in total. The highest BCUT2D eigenvalue weighted by atomic mass is 16.5. The minimum Gasteiger partial charge on any atom is -0.494 e. The number of carbonyl (C=O) groups is 2. The van der Waals surface area contributed by atoms with Crippen LogP contribution in [0.4, 0.5) is 5.69 Å². The monoisotopic (exact) mass is 512 g/mol. The number of benzene rings is 1. The van der Waals surface area contributed by atoms with Gasteiger partial charge in [0, 0.05) is 31.6 Å². The SMILES string of the molecule is CCCC(C1CCCCC1)N(CCO)C(=O)CCCCCCOc1ccc2c(c1)N=C1NC(=O)CN1C2. The van der Waals surface area contributed by atoms with Gasteiger partial charge in [-0.05, 0) is 49.7 Å². The van der Waals surface area contributed by atoms with E-state index in [1.54, 1.807) is 0 Å². The number of guanidine groups is 1. The van der Waals surface area contributed by atoms with Crippen LogP contribution in [0.25, 0.3) is 0 Å². The highest BCUT2D eigenvalue weighted by Crippen LogP contribution is 2.32. The first-order chi connectivity index (χ1) is 18.1. The van der Waals surface area contributed by atoms with E-state index in [4.69, 9.17) is 4.74 Å². The van der Waals surface area contributed by atoms with Gasteiger partial charge in [0.2, 0.25) is 17.8 Å². The zero-order valence-electron chi connectivity index (χ0n) is 22.4. The summed E-state index contributed by atoms with van der Waals surface area (Å²) in [7, 11) is 0. The summed E-state index contributed by atoms with van der Waals surface area (Å²) < 4.78 is 5.95.